The summed E-state index contributed by atoms with van der Waals surface area (Å²) in [7, 11) is 0. The largest absolute Gasteiger partial charge is 0.353 e. The molecule has 1 saturated heterocycles. The van der Waals surface area contributed by atoms with Crippen molar-refractivity contribution in [3.05, 3.63) is 90.6 Å². The first-order valence-electron chi connectivity index (χ1n) is 9.53. The summed E-state index contributed by atoms with van der Waals surface area (Å²) in [5.74, 6) is 1.16. The number of carbonyl (C=O) groups excluding carboxylic acids is 1. The van der Waals surface area contributed by atoms with Gasteiger partial charge in [-0.25, -0.2) is 4.98 Å². The van der Waals surface area contributed by atoms with Crippen molar-refractivity contribution in [2.24, 2.45) is 0 Å². The van der Waals surface area contributed by atoms with Gasteiger partial charge >= 0.3 is 0 Å². The van der Waals surface area contributed by atoms with Crippen LogP contribution in [0.4, 0.5) is 5.82 Å². The lowest BCUT2D eigenvalue weighted by Crippen LogP contribution is -2.50. The van der Waals surface area contributed by atoms with Crippen molar-refractivity contribution in [3.8, 4) is 0 Å². The number of piperazine rings is 1. The minimum atomic E-state index is -0.231. The molecule has 1 fully saturated rings. The molecule has 5 heteroatoms. The summed E-state index contributed by atoms with van der Waals surface area (Å²) in [6.07, 6.45) is 1.81. The lowest BCUT2D eigenvalue weighted by Gasteiger charge is -2.37. The molecule has 1 amide bonds. The average Bonchev–Trinajstić information content (AvgIpc) is 2.79. The highest BCUT2D eigenvalue weighted by molar-refractivity contribution is 8.00. The minimum absolute atomic E-state index is 0.181. The Morgan fingerprint density at radius 1 is 0.821 bits per heavy atom. The third kappa shape index (κ3) is 4.37. The first-order valence-corrected chi connectivity index (χ1v) is 10.4. The highest BCUT2D eigenvalue weighted by Crippen LogP contribution is 2.36. The highest BCUT2D eigenvalue weighted by atomic mass is 32.2. The first kappa shape index (κ1) is 18.6. The lowest BCUT2D eigenvalue weighted by molar-refractivity contribution is -0.131. The van der Waals surface area contributed by atoms with Gasteiger partial charge in [-0.15, -0.1) is 11.8 Å². The summed E-state index contributed by atoms with van der Waals surface area (Å²) in [4.78, 5) is 23.2. The second kappa shape index (κ2) is 8.93. The number of rotatable bonds is 5. The van der Waals surface area contributed by atoms with Crippen LogP contribution in [0.15, 0.2) is 90.0 Å². The summed E-state index contributed by atoms with van der Waals surface area (Å²) >= 11 is 1.62. The number of hydrogen-bond donors (Lipinski definition) is 0. The zero-order valence-corrected chi connectivity index (χ0v) is 16.5. The van der Waals surface area contributed by atoms with E-state index in [1.54, 1.807) is 11.8 Å². The van der Waals surface area contributed by atoms with Crippen LogP contribution in [0, 0.1) is 0 Å². The number of carbonyl (C=O) groups is 1. The van der Waals surface area contributed by atoms with Gasteiger partial charge in [0.2, 0.25) is 5.91 Å². The molecular formula is C23H23N3OS. The Morgan fingerprint density at radius 2 is 1.46 bits per heavy atom. The molecule has 3 aromatic rings. The predicted molar refractivity (Wildman–Crippen MR) is 115 cm³/mol. The van der Waals surface area contributed by atoms with Crippen molar-refractivity contribution in [2.45, 2.75) is 10.1 Å². The molecule has 1 aromatic heterocycles. The van der Waals surface area contributed by atoms with Gasteiger partial charge in [0, 0.05) is 37.3 Å². The zero-order valence-electron chi connectivity index (χ0n) is 15.6. The lowest BCUT2D eigenvalue weighted by atomic mass is 10.1. The predicted octanol–water partition coefficient (Wildman–Crippen LogP) is 4.26. The van der Waals surface area contributed by atoms with Gasteiger partial charge in [0.1, 0.15) is 11.1 Å². The second-order valence-electron chi connectivity index (χ2n) is 6.72. The maximum absolute atomic E-state index is 13.4. The fraction of sp³-hybridized carbons (Fsp3) is 0.217. The van der Waals surface area contributed by atoms with Crippen molar-refractivity contribution in [1.29, 1.82) is 0 Å². The van der Waals surface area contributed by atoms with Gasteiger partial charge in [-0.1, -0.05) is 54.6 Å². The molecule has 2 aromatic carbocycles. The third-order valence-corrected chi connectivity index (χ3v) is 6.14. The second-order valence-corrected chi connectivity index (χ2v) is 7.90. The Labute approximate surface area is 170 Å². The number of pyridine rings is 1. The number of thioether (sulfide) groups is 1. The van der Waals surface area contributed by atoms with Crippen molar-refractivity contribution < 1.29 is 4.79 Å². The summed E-state index contributed by atoms with van der Waals surface area (Å²) < 4.78 is 0. The molecule has 4 rings (SSSR count). The molecule has 142 valence electrons. The molecule has 28 heavy (non-hydrogen) atoms. The Morgan fingerprint density at radius 3 is 2.11 bits per heavy atom. The van der Waals surface area contributed by atoms with Gasteiger partial charge in [0.25, 0.3) is 0 Å². The molecule has 0 aliphatic carbocycles. The fourth-order valence-electron chi connectivity index (χ4n) is 3.39. The molecule has 0 spiro atoms. The van der Waals surface area contributed by atoms with Crippen molar-refractivity contribution in [3.63, 3.8) is 0 Å². The van der Waals surface area contributed by atoms with Gasteiger partial charge in [0.15, 0.2) is 0 Å². The van der Waals surface area contributed by atoms with Crippen LogP contribution < -0.4 is 4.90 Å². The molecule has 4 nitrogen and oxygen atoms in total. The molecule has 1 aliphatic rings. The SMILES string of the molecule is O=C(C(Sc1ccccc1)c1ccccc1)N1CCN(c2ccccn2)CC1. The molecule has 0 N–H and O–H groups in total. The number of nitrogens with zero attached hydrogens (tertiary/aromatic N) is 3. The number of hydrogen-bond acceptors (Lipinski definition) is 4. The van der Waals surface area contributed by atoms with Gasteiger partial charge < -0.3 is 9.80 Å². The van der Waals surface area contributed by atoms with Crippen LogP contribution in [-0.4, -0.2) is 42.0 Å². The summed E-state index contributed by atoms with van der Waals surface area (Å²) in [5, 5.41) is -0.231. The molecule has 1 aliphatic heterocycles. The van der Waals surface area contributed by atoms with Crippen LogP contribution in [0.2, 0.25) is 0 Å². The van der Waals surface area contributed by atoms with E-state index in [1.807, 2.05) is 77.8 Å². The topological polar surface area (TPSA) is 36.4 Å². The Bertz CT molecular complexity index is 881. The normalized spacial score (nSPS) is 15.3. The Hall–Kier alpha value is -2.79. The maximum atomic E-state index is 13.4. The van der Waals surface area contributed by atoms with E-state index in [0.29, 0.717) is 13.1 Å². The number of amides is 1. The molecular weight excluding hydrogens is 366 g/mol. The van der Waals surface area contributed by atoms with Crippen LogP contribution in [-0.2, 0) is 4.79 Å². The molecule has 1 unspecified atom stereocenters. The summed E-state index contributed by atoms with van der Waals surface area (Å²) in [5.41, 5.74) is 1.05. The molecule has 1 atom stereocenters. The molecule has 0 radical (unpaired) electrons. The summed E-state index contributed by atoms with van der Waals surface area (Å²) in [6.45, 7) is 3.04. The van der Waals surface area contributed by atoms with E-state index in [9.17, 15) is 4.79 Å². The van der Waals surface area contributed by atoms with Crippen LogP contribution in [0.1, 0.15) is 10.8 Å². The van der Waals surface area contributed by atoms with Crippen molar-refractivity contribution >= 4 is 23.5 Å². The van der Waals surface area contributed by atoms with E-state index in [0.717, 1.165) is 29.4 Å². The Kier molecular flexibility index (Phi) is 5.92. The summed E-state index contributed by atoms with van der Waals surface area (Å²) in [6, 6.07) is 26.2. The van der Waals surface area contributed by atoms with Gasteiger partial charge in [-0.2, -0.15) is 0 Å². The maximum Gasteiger partial charge on any atom is 0.240 e. The zero-order chi connectivity index (χ0) is 19.2. The quantitative estimate of drug-likeness (QED) is 0.611. The van der Waals surface area contributed by atoms with E-state index < -0.39 is 0 Å². The van der Waals surface area contributed by atoms with Gasteiger partial charge in [-0.3, -0.25) is 4.79 Å². The average molecular weight is 390 g/mol. The van der Waals surface area contributed by atoms with Crippen LogP contribution in [0.25, 0.3) is 0 Å². The monoisotopic (exact) mass is 389 g/mol. The molecule has 0 saturated carbocycles. The van der Waals surface area contributed by atoms with Crippen LogP contribution in [0.5, 0.6) is 0 Å². The number of benzene rings is 2. The van der Waals surface area contributed by atoms with E-state index in [-0.39, 0.29) is 11.2 Å². The molecule has 2 heterocycles. The van der Waals surface area contributed by atoms with Crippen LogP contribution in [0.3, 0.4) is 0 Å². The Balaban J connectivity index is 1.48. The number of aromatic nitrogens is 1. The third-order valence-electron chi connectivity index (χ3n) is 4.89. The highest BCUT2D eigenvalue weighted by Gasteiger charge is 2.29. The van der Waals surface area contributed by atoms with E-state index >= 15 is 0 Å². The minimum Gasteiger partial charge on any atom is -0.353 e. The number of anilines is 1. The van der Waals surface area contributed by atoms with Gasteiger partial charge in [0.05, 0.1) is 0 Å². The van der Waals surface area contributed by atoms with E-state index in [2.05, 4.69) is 22.0 Å². The first-order chi connectivity index (χ1) is 13.8. The smallest absolute Gasteiger partial charge is 0.240 e. The van der Waals surface area contributed by atoms with E-state index in [4.69, 9.17) is 0 Å². The van der Waals surface area contributed by atoms with Crippen molar-refractivity contribution in [2.75, 3.05) is 31.1 Å². The molecule has 0 bridgehead atoms. The van der Waals surface area contributed by atoms with E-state index in [1.165, 1.54) is 0 Å². The standard InChI is InChI=1S/C23H23N3OS/c27-23(26-17-15-25(16-18-26)21-13-7-8-14-24-21)22(19-9-3-1-4-10-19)28-20-11-5-2-6-12-20/h1-14,22H,15-18H2. The van der Waals surface area contributed by atoms with Crippen LogP contribution >= 0.6 is 11.8 Å². The fourth-order valence-corrected chi connectivity index (χ4v) is 4.52. The van der Waals surface area contributed by atoms with Gasteiger partial charge in [-0.05, 0) is 29.8 Å². The van der Waals surface area contributed by atoms with Crippen molar-refractivity contribution in [1.82, 2.24) is 9.88 Å².